The predicted molar refractivity (Wildman–Crippen MR) is 89.9 cm³/mol. The van der Waals surface area contributed by atoms with Crippen molar-refractivity contribution >= 4 is 11.2 Å². The van der Waals surface area contributed by atoms with E-state index in [0.717, 1.165) is 48.9 Å². The zero-order valence-electron chi connectivity index (χ0n) is 14.0. The van der Waals surface area contributed by atoms with Gasteiger partial charge in [0, 0.05) is 44.0 Å². The maximum absolute atomic E-state index is 14.0. The lowest BCUT2D eigenvalue weighted by molar-refractivity contribution is 0.196. The highest BCUT2D eigenvalue weighted by molar-refractivity contribution is 5.73. The maximum Gasteiger partial charge on any atom is 0.176 e. The van der Waals surface area contributed by atoms with E-state index in [0.29, 0.717) is 12.1 Å². The average molecular weight is 343 g/mol. The first kappa shape index (κ1) is 16.1. The fourth-order valence-electron chi connectivity index (χ4n) is 3.61. The Balaban J connectivity index is 1.57. The minimum absolute atomic E-state index is 0.214. The molecular weight excluding hydrogens is 324 g/mol. The van der Waals surface area contributed by atoms with Crippen molar-refractivity contribution in [3.05, 3.63) is 53.5 Å². The Morgan fingerprint density at radius 2 is 2.04 bits per heavy atom. The average Bonchev–Trinajstić information content (AvgIpc) is 2.97. The molecule has 1 atom stereocenters. The molecule has 0 N–H and O–H groups in total. The highest BCUT2D eigenvalue weighted by atomic mass is 19.2. The summed E-state index contributed by atoms with van der Waals surface area (Å²) < 4.78 is 29.1. The van der Waals surface area contributed by atoms with E-state index in [4.69, 9.17) is 0 Å². The van der Waals surface area contributed by atoms with E-state index >= 15 is 0 Å². The summed E-state index contributed by atoms with van der Waals surface area (Å²) in [6.07, 6.45) is 5.33. The van der Waals surface area contributed by atoms with E-state index in [1.165, 1.54) is 0 Å². The smallest absolute Gasteiger partial charge is 0.176 e. The van der Waals surface area contributed by atoms with Crippen LogP contribution >= 0.6 is 0 Å². The third-order valence-corrected chi connectivity index (χ3v) is 4.80. The molecule has 1 aliphatic heterocycles. The van der Waals surface area contributed by atoms with Gasteiger partial charge in [-0.3, -0.25) is 4.90 Å². The van der Waals surface area contributed by atoms with Crippen LogP contribution in [0, 0.1) is 11.6 Å². The summed E-state index contributed by atoms with van der Waals surface area (Å²) in [5.74, 6) is -1.33. The topological polar surface area (TPSA) is 46.8 Å². The van der Waals surface area contributed by atoms with Gasteiger partial charge in [0.1, 0.15) is 5.52 Å². The Bertz CT molecular complexity index is 908. The molecule has 5 nitrogen and oxygen atoms in total. The maximum atomic E-state index is 14.0. The van der Waals surface area contributed by atoms with Crippen LogP contribution in [0.1, 0.15) is 30.0 Å². The van der Waals surface area contributed by atoms with E-state index in [1.54, 1.807) is 29.2 Å². The number of piperidine rings is 1. The van der Waals surface area contributed by atoms with Gasteiger partial charge in [-0.1, -0.05) is 12.1 Å². The normalized spacial score (nSPS) is 18.8. The number of nitrogens with zero attached hydrogens (tertiary/aromatic N) is 5. The van der Waals surface area contributed by atoms with Crippen LogP contribution in [-0.2, 0) is 13.6 Å². The van der Waals surface area contributed by atoms with Crippen LogP contribution in [0.3, 0.4) is 0 Å². The molecule has 0 radical (unpaired) electrons. The molecule has 1 aromatic carbocycles. The highest BCUT2D eigenvalue weighted by Crippen LogP contribution is 2.30. The number of benzene rings is 1. The summed E-state index contributed by atoms with van der Waals surface area (Å²) in [5, 5.41) is 4.62. The number of hydrogen-bond acceptors (Lipinski definition) is 4. The summed E-state index contributed by atoms with van der Waals surface area (Å²) in [4.78, 5) is 10.9. The fourth-order valence-corrected chi connectivity index (χ4v) is 3.61. The molecule has 25 heavy (non-hydrogen) atoms. The third-order valence-electron chi connectivity index (χ3n) is 4.80. The molecule has 130 valence electrons. The molecule has 1 aliphatic rings. The van der Waals surface area contributed by atoms with Gasteiger partial charge in [0.05, 0.1) is 5.69 Å². The van der Waals surface area contributed by atoms with Crippen LogP contribution in [-0.4, -0.2) is 37.7 Å². The molecule has 0 spiro atoms. The first-order valence-electron chi connectivity index (χ1n) is 8.42. The van der Waals surface area contributed by atoms with Gasteiger partial charge in [-0.15, -0.1) is 0 Å². The molecule has 7 heteroatoms. The SMILES string of the molecule is Cn1nc([C@@H]2CCCN(Cc3cccc(F)c3F)C2)c2nccnc21. The molecule has 1 saturated heterocycles. The minimum atomic E-state index is -0.794. The molecular formula is C18H19F2N5. The first-order valence-corrected chi connectivity index (χ1v) is 8.42. The van der Waals surface area contributed by atoms with Crippen molar-refractivity contribution in [3.63, 3.8) is 0 Å². The van der Waals surface area contributed by atoms with E-state index in [-0.39, 0.29) is 5.92 Å². The van der Waals surface area contributed by atoms with Gasteiger partial charge < -0.3 is 0 Å². The Hall–Kier alpha value is -2.41. The van der Waals surface area contributed by atoms with Crippen LogP contribution in [0.25, 0.3) is 11.2 Å². The lowest BCUT2D eigenvalue weighted by atomic mass is 9.94. The summed E-state index contributed by atoms with van der Waals surface area (Å²) in [5.41, 5.74) is 2.93. The summed E-state index contributed by atoms with van der Waals surface area (Å²) in [6, 6.07) is 4.34. The van der Waals surface area contributed by atoms with Crippen molar-refractivity contribution in [2.75, 3.05) is 13.1 Å². The van der Waals surface area contributed by atoms with Crippen LogP contribution in [0.5, 0.6) is 0 Å². The Morgan fingerprint density at radius 3 is 2.92 bits per heavy atom. The van der Waals surface area contributed by atoms with E-state index < -0.39 is 11.6 Å². The van der Waals surface area contributed by atoms with Gasteiger partial charge in [-0.2, -0.15) is 5.10 Å². The Morgan fingerprint density at radius 1 is 1.20 bits per heavy atom. The molecule has 1 fully saturated rings. The zero-order chi connectivity index (χ0) is 17.4. The second kappa shape index (κ2) is 6.48. The van der Waals surface area contributed by atoms with Gasteiger partial charge in [0.2, 0.25) is 0 Å². The number of rotatable bonds is 3. The van der Waals surface area contributed by atoms with Crippen molar-refractivity contribution in [3.8, 4) is 0 Å². The molecule has 3 aromatic rings. The van der Waals surface area contributed by atoms with Gasteiger partial charge in [0.15, 0.2) is 17.3 Å². The quantitative estimate of drug-likeness (QED) is 0.733. The molecule has 0 unspecified atom stereocenters. The molecule has 3 heterocycles. The van der Waals surface area contributed by atoms with Gasteiger partial charge in [0.25, 0.3) is 0 Å². The monoisotopic (exact) mass is 343 g/mol. The third kappa shape index (κ3) is 3.00. The van der Waals surface area contributed by atoms with Crippen LogP contribution in [0.4, 0.5) is 8.78 Å². The van der Waals surface area contributed by atoms with Crippen LogP contribution < -0.4 is 0 Å². The van der Waals surface area contributed by atoms with Crippen LogP contribution in [0.15, 0.2) is 30.6 Å². The van der Waals surface area contributed by atoms with Crippen molar-refractivity contribution in [1.82, 2.24) is 24.6 Å². The molecule has 2 aromatic heterocycles. The number of hydrogen-bond donors (Lipinski definition) is 0. The molecule has 0 saturated carbocycles. The Kier molecular flexibility index (Phi) is 4.17. The van der Waals surface area contributed by atoms with Crippen LogP contribution in [0.2, 0.25) is 0 Å². The summed E-state index contributed by atoms with van der Waals surface area (Å²) >= 11 is 0. The second-order valence-electron chi connectivity index (χ2n) is 6.52. The molecule has 0 amide bonds. The number of aryl methyl sites for hydroxylation is 1. The molecule has 0 aliphatic carbocycles. The van der Waals surface area contributed by atoms with Gasteiger partial charge >= 0.3 is 0 Å². The van der Waals surface area contributed by atoms with Crippen molar-refractivity contribution in [2.24, 2.45) is 7.05 Å². The second-order valence-corrected chi connectivity index (χ2v) is 6.52. The molecule has 0 bridgehead atoms. The first-order chi connectivity index (χ1) is 12.1. The number of aromatic nitrogens is 4. The largest absolute Gasteiger partial charge is 0.298 e. The van der Waals surface area contributed by atoms with Crippen molar-refractivity contribution < 1.29 is 8.78 Å². The fraction of sp³-hybridized carbons (Fsp3) is 0.389. The standard InChI is InChI=1S/C18H19F2N5/c1-24-18-17(21-7-8-22-18)16(23-24)13-5-3-9-25(11-13)10-12-4-2-6-14(19)15(12)20/h2,4,6-8,13H,3,5,9-11H2,1H3/t13-/m1/s1. The highest BCUT2D eigenvalue weighted by Gasteiger charge is 2.27. The zero-order valence-corrected chi connectivity index (χ0v) is 14.0. The van der Waals surface area contributed by atoms with E-state index in [2.05, 4.69) is 20.0 Å². The Labute approximate surface area is 144 Å². The number of likely N-dealkylation sites (tertiary alicyclic amines) is 1. The molecule has 4 rings (SSSR count). The lowest BCUT2D eigenvalue weighted by Gasteiger charge is -2.32. The number of halogens is 2. The summed E-state index contributed by atoms with van der Waals surface area (Å²) in [7, 11) is 1.86. The summed E-state index contributed by atoms with van der Waals surface area (Å²) in [6.45, 7) is 2.01. The van der Waals surface area contributed by atoms with Gasteiger partial charge in [-0.25, -0.2) is 23.4 Å². The van der Waals surface area contributed by atoms with Crippen molar-refractivity contribution in [2.45, 2.75) is 25.3 Å². The lowest BCUT2D eigenvalue weighted by Crippen LogP contribution is -2.34. The predicted octanol–water partition coefficient (Wildman–Crippen LogP) is 3.02. The van der Waals surface area contributed by atoms with Crippen molar-refractivity contribution in [1.29, 1.82) is 0 Å². The van der Waals surface area contributed by atoms with E-state index in [9.17, 15) is 8.78 Å². The van der Waals surface area contributed by atoms with Gasteiger partial charge in [-0.05, 0) is 25.5 Å². The van der Waals surface area contributed by atoms with E-state index in [1.807, 2.05) is 7.05 Å². The number of fused-ring (bicyclic) bond motifs is 1. The minimum Gasteiger partial charge on any atom is -0.298 e.